The number of hydrogen-bond acceptors (Lipinski definition) is 4. The SMILES string of the molecule is Cc1ccc(OCCCCNC(=O)c2cc(C)no2)cc1. The predicted molar refractivity (Wildman–Crippen MR) is 79.5 cm³/mol. The molecule has 1 aromatic carbocycles. The van der Waals surface area contributed by atoms with Crippen molar-refractivity contribution in [2.24, 2.45) is 0 Å². The molecule has 0 aliphatic heterocycles. The Kier molecular flexibility index (Phi) is 5.37. The summed E-state index contributed by atoms with van der Waals surface area (Å²) in [4.78, 5) is 11.7. The first kappa shape index (κ1) is 15.1. The Morgan fingerprint density at radius 1 is 1.24 bits per heavy atom. The minimum Gasteiger partial charge on any atom is -0.494 e. The lowest BCUT2D eigenvalue weighted by atomic mass is 10.2. The van der Waals surface area contributed by atoms with Crippen molar-refractivity contribution in [2.45, 2.75) is 26.7 Å². The summed E-state index contributed by atoms with van der Waals surface area (Å²) in [5, 5.41) is 6.47. The molecule has 0 saturated heterocycles. The zero-order chi connectivity index (χ0) is 15.1. The second kappa shape index (κ2) is 7.47. The summed E-state index contributed by atoms with van der Waals surface area (Å²) in [5.74, 6) is 0.903. The molecule has 2 rings (SSSR count). The molecule has 1 N–H and O–H groups in total. The van der Waals surface area contributed by atoms with Crippen LogP contribution in [-0.2, 0) is 0 Å². The third-order valence-electron chi connectivity index (χ3n) is 3.00. The molecule has 5 nitrogen and oxygen atoms in total. The molecule has 0 saturated carbocycles. The first-order valence-corrected chi connectivity index (χ1v) is 7.06. The normalized spacial score (nSPS) is 10.4. The second-order valence-electron chi connectivity index (χ2n) is 4.96. The van der Waals surface area contributed by atoms with Crippen LogP contribution in [0.3, 0.4) is 0 Å². The van der Waals surface area contributed by atoms with Gasteiger partial charge in [0, 0.05) is 12.6 Å². The quantitative estimate of drug-likeness (QED) is 0.796. The molecular weight excluding hydrogens is 268 g/mol. The maximum atomic E-state index is 11.7. The minimum absolute atomic E-state index is 0.227. The number of carbonyl (C=O) groups is 1. The lowest BCUT2D eigenvalue weighted by Crippen LogP contribution is -2.24. The topological polar surface area (TPSA) is 64.4 Å². The Balaban J connectivity index is 1.58. The summed E-state index contributed by atoms with van der Waals surface area (Å²) in [7, 11) is 0. The van der Waals surface area contributed by atoms with Crippen molar-refractivity contribution >= 4 is 5.91 Å². The summed E-state index contributed by atoms with van der Waals surface area (Å²) < 4.78 is 10.5. The van der Waals surface area contributed by atoms with Crippen LogP contribution in [0.25, 0.3) is 0 Å². The molecule has 0 atom stereocenters. The fraction of sp³-hybridized carbons (Fsp3) is 0.375. The molecule has 1 aromatic heterocycles. The van der Waals surface area contributed by atoms with E-state index < -0.39 is 0 Å². The van der Waals surface area contributed by atoms with Gasteiger partial charge < -0.3 is 14.6 Å². The highest BCUT2D eigenvalue weighted by Crippen LogP contribution is 2.11. The van der Waals surface area contributed by atoms with Crippen LogP contribution < -0.4 is 10.1 Å². The van der Waals surface area contributed by atoms with Crippen molar-refractivity contribution in [3.63, 3.8) is 0 Å². The van der Waals surface area contributed by atoms with Gasteiger partial charge in [-0.05, 0) is 38.8 Å². The van der Waals surface area contributed by atoms with Crippen LogP contribution in [0.2, 0.25) is 0 Å². The van der Waals surface area contributed by atoms with Gasteiger partial charge in [-0.3, -0.25) is 4.79 Å². The molecule has 0 fully saturated rings. The number of aryl methyl sites for hydroxylation is 2. The summed E-state index contributed by atoms with van der Waals surface area (Å²) in [6, 6.07) is 9.59. The van der Waals surface area contributed by atoms with E-state index >= 15 is 0 Å². The van der Waals surface area contributed by atoms with E-state index in [0.29, 0.717) is 18.8 Å². The maximum absolute atomic E-state index is 11.7. The fourth-order valence-electron chi connectivity index (χ4n) is 1.81. The van der Waals surface area contributed by atoms with Gasteiger partial charge in [0.05, 0.1) is 12.3 Å². The Morgan fingerprint density at radius 3 is 2.67 bits per heavy atom. The van der Waals surface area contributed by atoms with Crippen LogP contribution >= 0.6 is 0 Å². The predicted octanol–water partition coefficient (Wildman–Crippen LogP) is 2.88. The molecule has 0 unspecified atom stereocenters. The van der Waals surface area contributed by atoms with Crippen LogP contribution in [0.15, 0.2) is 34.9 Å². The van der Waals surface area contributed by atoms with Crippen molar-refractivity contribution in [3.8, 4) is 5.75 Å². The molecule has 1 amide bonds. The lowest BCUT2D eigenvalue weighted by Gasteiger charge is -2.06. The fourth-order valence-corrected chi connectivity index (χ4v) is 1.81. The van der Waals surface area contributed by atoms with Gasteiger partial charge in [0.25, 0.3) is 5.91 Å². The van der Waals surface area contributed by atoms with Crippen LogP contribution in [0.4, 0.5) is 0 Å². The monoisotopic (exact) mass is 288 g/mol. The zero-order valence-electron chi connectivity index (χ0n) is 12.4. The van der Waals surface area contributed by atoms with E-state index in [1.54, 1.807) is 13.0 Å². The van der Waals surface area contributed by atoms with E-state index in [0.717, 1.165) is 18.6 Å². The third-order valence-corrected chi connectivity index (χ3v) is 3.00. The number of amides is 1. The molecule has 1 heterocycles. The standard InChI is InChI=1S/C16H20N2O3/c1-12-5-7-14(8-6-12)20-10-4-3-9-17-16(19)15-11-13(2)18-21-15/h5-8,11H,3-4,9-10H2,1-2H3,(H,17,19). The maximum Gasteiger partial charge on any atom is 0.289 e. The van der Waals surface area contributed by atoms with Gasteiger partial charge in [-0.2, -0.15) is 0 Å². The number of carbonyl (C=O) groups excluding carboxylic acids is 1. The number of nitrogens with zero attached hydrogens (tertiary/aromatic N) is 1. The van der Waals surface area contributed by atoms with Crippen molar-refractivity contribution in [3.05, 3.63) is 47.3 Å². The molecule has 0 aliphatic carbocycles. The minimum atomic E-state index is -0.227. The zero-order valence-corrected chi connectivity index (χ0v) is 12.4. The van der Waals surface area contributed by atoms with Crippen molar-refractivity contribution in [1.29, 1.82) is 0 Å². The Morgan fingerprint density at radius 2 is 2.00 bits per heavy atom. The Hall–Kier alpha value is -2.30. The molecule has 2 aromatic rings. The van der Waals surface area contributed by atoms with Crippen molar-refractivity contribution in [1.82, 2.24) is 10.5 Å². The summed E-state index contributed by atoms with van der Waals surface area (Å²) in [6.45, 7) is 5.06. The van der Waals surface area contributed by atoms with Gasteiger partial charge in [-0.25, -0.2) is 0 Å². The third kappa shape index (κ3) is 4.95. The smallest absolute Gasteiger partial charge is 0.289 e. The highest BCUT2D eigenvalue weighted by atomic mass is 16.5. The number of unbranched alkanes of at least 4 members (excludes halogenated alkanes) is 1. The van der Waals surface area contributed by atoms with Crippen molar-refractivity contribution in [2.75, 3.05) is 13.2 Å². The van der Waals surface area contributed by atoms with E-state index in [1.165, 1.54) is 5.56 Å². The van der Waals surface area contributed by atoms with Gasteiger partial charge in [-0.15, -0.1) is 0 Å². The molecule has 0 radical (unpaired) electrons. The Bertz CT molecular complexity index is 575. The molecule has 0 bridgehead atoms. The highest BCUT2D eigenvalue weighted by Gasteiger charge is 2.10. The van der Waals surface area contributed by atoms with Gasteiger partial charge in [0.2, 0.25) is 5.76 Å². The van der Waals surface area contributed by atoms with Crippen LogP contribution in [-0.4, -0.2) is 24.2 Å². The van der Waals surface area contributed by atoms with Crippen molar-refractivity contribution < 1.29 is 14.1 Å². The average Bonchev–Trinajstić information content (AvgIpc) is 2.91. The Labute approximate surface area is 124 Å². The number of aromatic nitrogens is 1. The first-order chi connectivity index (χ1) is 10.1. The van der Waals surface area contributed by atoms with E-state index in [9.17, 15) is 4.79 Å². The number of benzene rings is 1. The molecule has 112 valence electrons. The van der Waals surface area contributed by atoms with E-state index in [2.05, 4.69) is 10.5 Å². The van der Waals surface area contributed by atoms with Gasteiger partial charge in [-0.1, -0.05) is 22.9 Å². The average molecular weight is 288 g/mol. The molecular formula is C16H20N2O3. The first-order valence-electron chi connectivity index (χ1n) is 7.06. The molecule has 0 aliphatic rings. The number of rotatable bonds is 7. The lowest BCUT2D eigenvalue weighted by molar-refractivity contribution is 0.0915. The van der Waals surface area contributed by atoms with Gasteiger partial charge in [0.15, 0.2) is 0 Å². The van der Waals surface area contributed by atoms with Crippen LogP contribution in [0.1, 0.15) is 34.7 Å². The van der Waals surface area contributed by atoms with E-state index in [1.807, 2.05) is 31.2 Å². The second-order valence-corrected chi connectivity index (χ2v) is 4.96. The largest absolute Gasteiger partial charge is 0.494 e. The highest BCUT2D eigenvalue weighted by molar-refractivity contribution is 5.91. The molecule has 0 spiro atoms. The summed E-state index contributed by atoms with van der Waals surface area (Å²) in [5.41, 5.74) is 1.92. The molecule has 21 heavy (non-hydrogen) atoms. The van der Waals surface area contributed by atoms with E-state index in [4.69, 9.17) is 9.26 Å². The molecule has 5 heteroatoms. The summed E-state index contributed by atoms with van der Waals surface area (Å²) >= 11 is 0. The van der Waals surface area contributed by atoms with E-state index in [-0.39, 0.29) is 11.7 Å². The van der Waals surface area contributed by atoms with Gasteiger partial charge >= 0.3 is 0 Å². The van der Waals surface area contributed by atoms with Crippen LogP contribution in [0, 0.1) is 13.8 Å². The number of nitrogens with one attached hydrogen (secondary N) is 1. The van der Waals surface area contributed by atoms with Gasteiger partial charge in [0.1, 0.15) is 5.75 Å². The summed E-state index contributed by atoms with van der Waals surface area (Å²) in [6.07, 6.45) is 1.73. The van der Waals surface area contributed by atoms with Crippen LogP contribution in [0.5, 0.6) is 5.75 Å². The number of ether oxygens (including phenoxy) is 1. The number of hydrogen-bond donors (Lipinski definition) is 1.